The molecule has 2 rings (SSSR count). The third-order valence-electron chi connectivity index (χ3n) is 4.18. The van der Waals surface area contributed by atoms with Crippen LogP contribution in [0.5, 0.6) is 0 Å². The summed E-state index contributed by atoms with van der Waals surface area (Å²) in [7, 11) is 2.01. The Labute approximate surface area is 124 Å². The van der Waals surface area contributed by atoms with Crippen LogP contribution in [-0.4, -0.2) is 30.4 Å². The largest absolute Gasteiger partial charge is 0.352 e. The maximum atomic E-state index is 13.8. The number of hydrogen-bond donors (Lipinski definition) is 1. The summed E-state index contributed by atoms with van der Waals surface area (Å²) in [6.07, 6.45) is 3.67. The standard InChI is InChI=1S/C16H22F2N2O/c1-11-6-7-14(17)13(16(11)18)10-19-15(21)9-12-5-3-4-8-20(12)2/h6-7,12H,3-5,8-10H2,1-2H3,(H,19,21)/t12-/m1/s1. The average molecular weight is 296 g/mol. The average Bonchev–Trinajstić information content (AvgIpc) is 2.45. The van der Waals surface area contributed by atoms with Crippen LogP contribution in [0.15, 0.2) is 12.1 Å². The van der Waals surface area contributed by atoms with Gasteiger partial charge in [0, 0.05) is 24.6 Å². The number of benzene rings is 1. The number of nitrogens with zero attached hydrogens (tertiary/aromatic N) is 1. The molecule has 0 bridgehead atoms. The molecular formula is C16H22F2N2O. The summed E-state index contributed by atoms with van der Waals surface area (Å²) < 4.78 is 27.4. The Kier molecular flexibility index (Phi) is 5.28. The maximum absolute atomic E-state index is 13.8. The van der Waals surface area contributed by atoms with Crippen molar-refractivity contribution in [1.82, 2.24) is 10.2 Å². The van der Waals surface area contributed by atoms with E-state index in [9.17, 15) is 13.6 Å². The van der Waals surface area contributed by atoms with E-state index in [0.29, 0.717) is 12.0 Å². The lowest BCUT2D eigenvalue weighted by atomic mass is 10.00. The zero-order chi connectivity index (χ0) is 15.4. The molecule has 0 radical (unpaired) electrons. The van der Waals surface area contributed by atoms with Gasteiger partial charge >= 0.3 is 0 Å². The van der Waals surface area contributed by atoms with Crippen LogP contribution in [0.25, 0.3) is 0 Å². The van der Waals surface area contributed by atoms with Gasteiger partial charge < -0.3 is 10.2 Å². The second-order valence-corrected chi connectivity index (χ2v) is 5.77. The number of halogens is 2. The van der Waals surface area contributed by atoms with E-state index in [1.807, 2.05) is 7.05 Å². The van der Waals surface area contributed by atoms with Crippen molar-refractivity contribution in [1.29, 1.82) is 0 Å². The fourth-order valence-electron chi connectivity index (χ4n) is 2.75. The van der Waals surface area contributed by atoms with Crippen LogP contribution in [0.3, 0.4) is 0 Å². The highest BCUT2D eigenvalue weighted by Gasteiger charge is 2.22. The summed E-state index contributed by atoms with van der Waals surface area (Å²) in [6, 6.07) is 2.85. The third kappa shape index (κ3) is 4.00. The smallest absolute Gasteiger partial charge is 0.221 e. The predicted molar refractivity (Wildman–Crippen MR) is 77.8 cm³/mol. The Morgan fingerprint density at radius 1 is 1.38 bits per heavy atom. The summed E-state index contributed by atoms with van der Waals surface area (Å²) in [4.78, 5) is 14.1. The molecule has 21 heavy (non-hydrogen) atoms. The SMILES string of the molecule is Cc1ccc(F)c(CNC(=O)C[C@H]2CCCCN2C)c1F. The minimum Gasteiger partial charge on any atom is -0.352 e. The Bertz CT molecular complexity index is 519. The Hall–Kier alpha value is -1.49. The van der Waals surface area contributed by atoms with Crippen molar-refractivity contribution >= 4 is 5.91 Å². The van der Waals surface area contributed by atoms with E-state index < -0.39 is 11.6 Å². The fourth-order valence-corrected chi connectivity index (χ4v) is 2.75. The highest BCUT2D eigenvalue weighted by atomic mass is 19.1. The summed E-state index contributed by atoms with van der Waals surface area (Å²) >= 11 is 0. The lowest BCUT2D eigenvalue weighted by Crippen LogP contribution is -2.40. The lowest BCUT2D eigenvalue weighted by molar-refractivity contribution is -0.122. The van der Waals surface area contributed by atoms with Gasteiger partial charge in [0.1, 0.15) is 11.6 Å². The van der Waals surface area contributed by atoms with E-state index >= 15 is 0 Å². The van der Waals surface area contributed by atoms with E-state index in [-0.39, 0.29) is 24.1 Å². The maximum Gasteiger partial charge on any atom is 0.221 e. The molecule has 5 heteroatoms. The highest BCUT2D eigenvalue weighted by molar-refractivity contribution is 5.76. The van der Waals surface area contributed by atoms with Crippen molar-refractivity contribution in [3.63, 3.8) is 0 Å². The Morgan fingerprint density at radius 2 is 2.14 bits per heavy atom. The molecule has 0 unspecified atom stereocenters. The predicted octanol–water partition coefficient (Wildman–Crippen LogP) is 2.76. The minimum atomic E-state index is -0.617. The normalized spacial score (nSPS) is 19.5. The number of likely N-dealkylation sites (tertiary alicyclic amines) is 1. The molecule has 1 aliphatic rings. The number of carbonyl (C=O) groups is 1. The number of hydrogen-bond acceptors (Lipinski definition) is 2. The molecule has 1 amide bonds. The molecule has 1 fully saturated rings. The molecule has 0 spiro atoms. The van der Waals surface area contributed by atoms with Gasteiger partial charge in [-0.3, -0.25) is 4.79 Å². The van der Waals surface area contributed by atoms with Gasteiger partial charge in [0.25, 0.3) is 0 Å². The number of piperidine rings is 1. The topological polar surface area (TPSA) is 32.3 Å². The molecule has 1 aliphatic heterocycles. The van der Waals surface area contributed by atoms with Gasteiger partial charge in [0.2, 0.25) is 5.91 Å². The van der Waals surface area contributed by atoms with Crippen LogP contribution < -0.4 is 5.32 Å². The monoisotopic (exact) mass is 296 g/mol. The molecular weight excluding hydrogens is 274 g/mol. The summed E-state index contributed by atoms with van der Waals surface area (Å²) in [5, 5.41) is 2.63. The summed E-state index contributed by atoms with van der Waals surface area (Å²) in [6.45, 7) is 2.48. The van der Waals surface area contributed by atoms with Crippen molar-refractivity contribution in [2.75, 3.05) is 13.6 Å². The van der Waals surface area contributed by atoms with Gasteiger partial charge in [0.15, 0.2) is 0 Å². The van der Waals surface area contributed by atoms with Crippen molar-refractivity contribution in [2.45, 2.75) is 45.2 Å². The first-order chi connectivity index (χ1) is 9.99. The van der Waals surface area contributed by atoms with E-state index in [1.54, 1.807) is 6.92 Å². The zero-order valence-corrected chi connectivity index (χ0v) is 12.6. The molecule has 0 aromatic heterocycles. The minimum absolute atomic E-state index is 0.0691. The van der Waals surface area contributed by atoms with Crippen molar-refractivity contribution < 1.29 is 13.6 Å². The quantitative estimate of drug-likeness (QED) is 0.926. The van der Waals surface area contributed by atoms with E-state index in [0.717, 1.165) is 25.8 Å². The lowest BCUT2D eigenvalue weighted by Gasteiger charge is -2.31. The van der Waals surface area contributed by atoms with E-state index in [1.165, 1.54) is 12.1 Å². The van der Waals surface area contributed by atoms with Crippen LogP contribution in [0.1, 0.15) is 36.8 Å². The van der Waals surface area contributed by atoms with Gasteiger partial charge in [0.05, 0.1) is 0 Å². The van der Waals surface area contributed by atoms with Gasteiger partial charge in [-0.1, -0.05) is 12.5 Å². The Balaban J connectivity index is 1.91. The van der Waals surface area contributed by atoms with Gasteiger partial charge in [-0.25, -0.2) is 8.78 Å². The second-order valence-electron chi connectivity index (χ2n) is 5.77. The molecule has 1 saturated heterocycles. The van der Waals surface area contributed by atoms with Gasteiger partial charge in [-0.15, -0.1) is 0 Å². The fraction of sp³-hybridized carbons (Fsp3) is 0.562. The number of carbonyl (C=O) groups excluding carboxylic acids is 1. The van der Waals surface area contributed by atoms with Crippen LogP contribution in [0, 0.1) is 18.6 Å². The molecule has 3 nitrogen and oxygen atoms in total. The van der Waals surface area contributed by atoms with Gasteiger partial charge in [-0.05, 0) is 45.0 Å². The molecule has 1 aromatic rings. The highest BCUT2D eigenvalue weighted by Crippen LogP contribution is 2.18. The van der Waals surface area contributed by atoms with Crippen molar-refractivity contribution in [3.05, 3.63) is 34.9 Å². The third-order valence-corrected chi connectivity index (χ3v) is 4.18. The van der Waals surface area contributed by atoms with Crippen LogP contribution in [0.2, 0.25) is 0 Å². The van der Waals surface area contributed by atoms with Crippen LogP contribution >= 0.6 is 0 Å². The number of amides is 1. The van der Waals surface area contributed by atoms with Crippen molar-refractivity contribution in [2.24, 2.45) is 0 Å². The first-order valence-corrected chi connectivity index (χ1v) is 7.39. The molecule has 1 heterocycles. The Morgan fingerprint density at radius 3 is 2.86 bits per heavy atom. The number of nitrogens with one attached hydrogen (secondary N) is 1. The second kappa shape index (κ2) is 6.98. The molecule has 1 N–H and O–H groups in total. The first-order valence-electron chi connectivity index (χ1n) is 7.39. The van der Waals surface area contributed by atoms with Crippen LogP contribution in [-0.2, 0) is 11.3 Å². The van der Waals surface area contributed by atoms with Gasteiger partial charge in [-0.2, -0.15) is 0 Å². The molecule has 116 valence electrons. The number of rotatable bonds is 4. The molecule has 1 aromatic carbocycles. The summed E-state index contributed by atoms with van der Waals surface area (Å²) in [5.74, 6) is -1.35. The number of aryl methyl sites for hydroxylation is 1. The summed E-state index contributed by atoms with van der Waals surface area (Å²) in [5.41, 5.74) is 0.313. The van der Waals surface area contributed by atoms with Crippen molar-refractivity contribution in [3.8, 4) is 0 Å². The molecule has 0 saturated carbocycles. The van der Waals surface area contributed by atoms with E-state index in [2.05, 4.69) is 10.2 Å². The molecule has 0 aliphatic carbocycles. The molecule has 1 atom stereocenters. The van der Waals surface area contributed by atoms with Crippen LogP contribution in [0.4, 0.5) is 8.78 Å². The van der Waals surface area contributed by atoms with E-state index in [4.69, 9.17) is 0 Å². The first kappa shape index (κ1) is 15.9. The zero-order valence-electron chi connectivity index (χ0n) is 12.6.